The minimum atomic E-state index is -0.648. The molecule has 2 aromatic rings. The van der Waals surface area contributed by atoms with Crippen molar-refractivity contribution in [2.24, 2.45) is 0 Å². The van der Waals surface area contributed by atoms with Crippen LogP contribution in [0.3, 0.4) is 0 Å². The largest absolute Gasteiger partial charge is 0.391 e. The van der Waals surface area contributed by atoms with E-state index in [9.17, 15) is 14.3 Å². The van der Waals surface area contributed by atoms with Crippen LogP contribution in [0.4, 0.5) is 4.39 Å². The number of amides is 1. The highest BCUT2D eigenvalue weighted by atomic mass is 32.1. The number of nitrogens with zero attached hydrogens (tertiary/aromatic N) is 3. The first-order chi connectivity index (χ1) is 13.1. The van der Waals surface area contributed by atoms with Gasteiger partial charge in [0.1, 0.15) is 15.7 Å². The highest BCUT2D eigenvalue weighted by Crippen LogP contribution is 2.30. The Labute approximate surface area is 162 Å². The van der Waals surface area contributed by atoms with Crippen molar-refractivity contribution in [1.29, 1.82) is 0 Å². The fourth-order valence-corrected chi connectivity index (χ4v) is 4.91. The summed E-state index contributed by atoms with van der Waals surface area (Å²) in [5.74, 6) is -0.408. The van der Waals surface area contributed by atoms with Gasteiger partial charge >= 0.3 is 0 Å². The zero-order chi connectivity index (χ0) is 18.8. The molecule has 0 spiro atoms. The Morgan fingerprint density at radius 2 is 1.96 bits per heavy atom. The lowest BCUT2D eigenvalue weighted by Gasteiger charge is -2.36. The second-order valence-corrected chi connectivity index (χ2v) is 8.48. The monoisotopic (exact) mass is 389 g/mol. The topological polar surface area (TPSA) is 56.7 Å². The fraction of sp³-hybridized carbons (Fsp3) is 0.500. The van der Waals surface area contributed by atoms with Gasteiger partial charge in [0.15, 0.2) is 0 Å². The Hall–Kier alpha value is -1.83. The van der Waals surface area contributed by atoms with Crippen LogP contribution in [0.25, 0.3) is 0 Å². The zero-order valence-electron chi connectivity index (χ0n) is 15.2. The molecule has 5 nitrogen and oxygen atoms in total. The number of hydrogen-bond acceptors (Lipinski definition) is 5. The van der Waals surface area contributed by atoms with E-state index in [-0.39, 0.29) is 17.6 Å². The molecule has 0 aliphatic carbocycles. The van der Waals surface area contributed by atoms with Gasteiger partial charge in [0.05, 0.1) is 18.8 Å². The first-order valence-electron chi connectivity index (χ1n) is 9.50. The Balaban J connectivity index is 1.37. The molecule has 144 valence electrons. The zero-order valence-corrected chi connectivity index (χ0v) is 16.0. The quantitative estimate of drug-likeness (QED) is 0.874. The molecule has 0 saturated carbocycles. The summed E-state index contributed by atoms with van der Waals surface area (Å²) in [6.07, 6.45) is 4.15. The van der Waals surface area contributed by atoms with Crippen LogP contribution in [0.1, 0.15) is 45.4 Å². The lowest BCUT2D eigenvalue weighted by molar-refractivity contribution is 0.0385. The SMILES string of the molecule is O=C(c1cnc(CN2CCCC2)s1)N1CC[C@@H](c2ccc(F)cc2)[C@H](O)C1. The number of aromatic nitrogens is 1. The molecule has 2 aliphatic rings. The molecule has 1 aromatic heterocycles. The molecule has 2 fully saturated rings. The van der Waals surface area contributed by atoms with Gasteiger partial charge in [-0.25, -0.2) is 9.37 Å². The summed E-state index contributed by atoms with van der Waals surface area (Å²) >= 11 is 1.45. The van der Waals surface area contributed by atoms with E-state index in [1.54, 1.807) is 23.2 Å². The van der Waals surface area contributed by atoms with Crippen LogP contribution in [0.15, 0.2) is 30.5 Å². The molecule has 7 heteroatoms. The summed E-state index contributed by atoms with van der Waals surface area (Å²) in [4.78, 5) is 21.9. The summed E-state index contributed by atoms with van der Waals surface area (Å²) in [6, 6.07) is 6.26. The Morgan fingerprint density at radius 3 is 2.67 bits per heavy atom. The molecule has 2 aliphatic heterocycles. The maximum atomic E-state index is 13.1. The molecule has 0 bridgehead atoms. The van der Waals surface area contributed by atoms with Gasteiger partial charge in [-0.3, -0.25) is 9.69 Å². The standard InChI is InChI=1S/C20H24FN3O2S/c21-15-5-3-14(4-6-15)16-7-10-24(12-17(16)25)20(26)18-11-22-19(27-18)13-23-8-1-2-9-23/h3-6,11,16-17,25H,1-2,7-10,12-13H2/t16-,17+/m0/s1. The molecule has 1 aromatic carbocycles. The highest BCUT2D eigenvalue weighted by Gasteiger charge is 2.32. The van der Waals surface area contributed by atoms with Crippen LogP contribution < -0.4 is 0 Å². The van der Waals surface area contributed by atoms with E-state index >= 15 is 0 Å². The molecule has 27 heavy (non-hydrogen) atoms. The van der Waals surface area contributed by atoms with Crippen molar-refractivity contribution < 1.29 is 14.3 Å². The van der Waals surface area contributed by atoms with Gasteiger partial charge in [-0.15, -0.1) is 11.3 Å². The van der Waals surface area contributed by atoms with Crippen molar-refractivity contribution in [2.45, 2.75) is 37.8 Å². The van der Waals surface area contributed by atoms with Crippen molar-refractivity contribution in [2.75, 3.05) is 26.2 Å². The van der Waals surface area contributed by atoms with Gasteiger partial charge in [0.25, 0.3) is 5.91 Å². The van der Waals surface area contributed by atoms with E-state index in [0.717, 1.165) is 30.2 Å². The van der Waals surface area contributed by atoms with Gasteiger partial charge < -0.3 is 10.0 Å². The van der Waals surface area contributed by atoms with Crippen molar-refractivity contribution in [1.82, 2.24) is 14.8 Å². The predicted octanol–water partition coefficient (Wildman–Crippen LogP) is 2.87. The molecule has 1 amide bonds. The number of aliphatic hydroxyl groups excluding tert-OH is 1. The third-order valence-electron chi connectivity index (χ3n) is 5.49. The minimum Gasteiger partial charge on any atom is -0.391 e. The number of β-amino-alcohol motifs (C(OH)–C–C–N with tert-alkyl or cyclic N) is 1. The van der Waals surface area contributed by atoms with E-state index in [1.807, 2.05) is 0 Å². The highest BCUT2D eigenvalue weighted by molar-refractivity contribution is 7.13. The van der Waals surface area contributed by atoms with Gasteiger partial charge in [-0.05, 0) is 50.0 Å². The molecule has 1 N–H and O–H groups in total. The van der Waals surface area contributed by atoms with E-state index < -0.39 is 6.10 Å². The van der Waals surface area contributed by atoms with Crippen LogP contribution in [-0.2, 0) is 6.54 Å². The normalized spacial score (nSPS) is 23.7. The average Bonchev–Trinajstić information content (AvgIpc) is 3.34. The summed E-state index contributed by atoms with van der Waals surface area (Å²) in [5.41, 5.74) is 0.918. The third-order valence-corrected chi connectivity index (χ3v) is 6.46. The minimum absolute atomic E-state index is 0.0585. The van der Waals surface area contributed by atoms with E-state index in [1.165, 1.54) is 36.3 Å². The number of likely N-dealkylation sites (tertiary alicyclic amines) is 2. The second kappa shape index (κ2) is 8.04. The Morgan fingerprint density at radius 1 is 1.22 bits per heavy atom. The number of piperidine rings is 1. The molecule has 2 atom stereocenters. The number of halogens is 1. The molecular weight excluding hydrogens is 365 g/mol. The number of aliphatic hydroxyl groups is 1. The van der Waals surface area contributed by atoms with Crippen molar-refractivity contribution in [3.8, 4) is 0 Å². The van der Waals surface area contributed by atoms with Crippen LogP contribution in [0.5, 0.6) is 0 Å². The van der Waals surface area contributed by atoms with Gasteiger partial charge in [-0.1, -0.05) is 12.1 Å². The predicted molar refractivity (Wildman–Crippen MR) is 102 cm³/mol. The lowest BCUT2D eigenvalue weighted by atomic mass is 9.87. The molecule has 2 saturated heterocycles. The van der Waals surface area contributed by atoms with Crippen molar-refractivity contribution >= 4 is 17.2 Å². The maximum absolute atomic E-state index is 13.1. The summed E-state index contributed by atoms with van der Waals surface area (Å²) in [7, 11) is 0. The van der Waals surface area contributed by atoms with E-state index in [2.05, 4.69) is 9.88 Å². The van der Waals surface area contributed by atoms with Gasteiger partial charge in [-0.2, -0.15) is 0 Å². The van der Waals surface area contributed by atoms with Crippen LogP contribution in [-0.4, -0.2) is 58.1 Å². The Kier molecular flexibility index (Phi) is 5.52. The number of hydrogen-bond donors (Lipinski definition) is 1. The number of carbonyl (C=O) groups is 1. The average molecular weight is 389 g/mol. The summed E-state index contributed by atoms with van der Waals surface area (Å²) in [5, 5.41) is 11.5. The van der Waals surface area contributed by atoms with Crippen molar-refractivity contribution in [3.63, 3.8) is 0 Å². The van der Waals surface area contributed by atoms with Crippen LogP contribution in [0.2, 0.25) is 0 Å². The number of carbonyl (C=O) groups excluding carboxylic acids is 1. The maximum Gasteiger partial charge on any atom is 0.265 e. The van der Waals surface area contributed by atoms with Crippen LogP contribution in [0, 0.1) is 5.82 Å². The molecule has 3 heterocycles. The molecule has 0 unspecified atom stereocenters. The third kappa shape index (κ3) is 4.20. The number of thiazole rings is 1. The lowest BCUT2D eigenvalue weighted by Crippen LogP contribution is -2.45. The second-order valence-electron chi connectivity index (χ2n) is 7.37. The molecule has 4 rings (SSSR count). The molecular formula is C20H24FN3O2S. The first-order valence-corrected chi connectivity index (χ1v) is 10.3. The first kappa shape index (κ1) is 18.5. The number of rotatable bonds is 4. The smallest absolute Gasteiger partial charge is 0.265 e. The fourth-order valence-electron chi connectivity index (χ4n) is 3.98. The van der Waals surface area contributed by atoms with E-state index in [0.29, 0.717) is 24.4 Å². The molecule has 0 radical (unpaired) electrons. The number of benzene rings is 1. The summed E-state index contributed by atoms with van der Waals surface area (Å²) in [6.45, 7) is 3.89. The van der Waals surface area contributed by atoms with Crippen molar-refractivity contribution in [3.05, 3.63) is 51.7 Å². The van der Waals surface area contributed by atoms with Gasteiger partial charge in [0, 0.05) is 19.0 Å². The van der Waals surface area contributed by atoms with E-state index in [4.69, 9.17) is 0 Å². The summed E-state index contributed by atoms with van der Waals surface area (Å²) < 4.78 is 13.1. The Bertz CT molecular complexity index is 789. The van der Waals surface area contributed by atoms with Gasteiger partial charge in [0.2, 0.25) is 0 Å². The van der Waals surface area contributed by atoms with Crippen LogP contribution >= 0.6 is 11.3 Å².